The van der Waals surface area contributed by atoms with Crippen molar-refractivity contribution < 1.29 is 4.39 Å². The summed E-state index contributed by atoms with van der Waals surface area (Å²) in [4.78, 5) is 14.8. The van der Waals surface area contributed by atoms with Crippen molar-refractivity contribution in [2.45, 2.75) is 38.8 Å². The fraction of sp³-hybridized carbons (Fsp3) is 0.423. The maximum Gasteiger partial charge on any atom is 0.206 e. The number of fused-ring (bicyclic) bond motifs is 1. The predicted molar refractivity (Wildman–Crippen MR) is 135 cm³/mol. The van der Waals surface area contributed by atoms with E-state index < -0.39 is 0 Å². The molecule has 0 spiro atoms. The summed E-state index contributed by atoms with van der Waals surface area (Å²) in [5.74, 6) is 1.65. The zero-order valence-electron chi connectivity index (χ0n) is 20.0. The van der Waals surface area contributed by atoms with Crippen LogP contribution < -0.4 is 10.6 Å². The number of anilines is 2. The Bertz CT molecular complexity index is 1320. The molecular weight excluding hydrogens is 443 g/mol. The molecule has 0 bridgehead atoms. The normalized spacial score (nSPS) is 18.0. The second-order valence-corrected chi connectivity index (χ2v) is 9.74. The Morgan fingerprint density at radius 1 is 1.20 bits per heavy atom. The molecule has 3 N–H and O–H groups in total. The van der Waals surface area contributed by atoms with E-state index in [-0.39, 0.29) is 5.82 Å². The number of rotatable bonds is 7. The molecule has 182 valence electrons. The van der Waals surface area contributed by atoms with Gasteiger partial charge in [-0.3, -0.25) is 9.58 Å². The van der Waals surface area contributed by atoms with E-state index >= 15 is 0 Å². The van der Waals surface area contributed by atoms with Gasteiger partial charge in [-0.2, -0.15) is 5.10 Å². The third-order valence-electron chi connectivity index (χ3n) is 7.40. The standard InChI is InChI=1S/C26H31FN8/c1-17(34-9-7-28-8-10-34)19-5-6-29-25(11-19)33-26-31-23-12-21(22(27)13-24(23)32-26)20-14-30-35(16-20)15-18-3-2-4-18/h5-6,11-14,16-18,28H,2-4,7-10,15H2,1H3,(H2,29,31,32,33). The Kier molecular flexibility index (Phi) is 5.95. The van der Waals surface area contributed by atoms with E-state index in [4.69, 9.17) is 0 Å². The van der Waals surface area contributed by atoms with Gasteiger partial charge in [-0.05, 0) is 49.4 Å². The molecule has 2 aliphatic rings. The molecule has 35 heavy (non-hydrogen) atoms. The maximum absolute atomic E-state index is 15.0. The molecule has 1 aromatic carbocycles. The molecule has 0 amide bonds. The Morgan fingerprint density at radius 3 is 2.86 bits per heavy atom. The Balaban J connectivity index is 1.21. The first-order valence-corrected chi connectivity index (χ1v) is 12.5. The van der Waals surface area contributed by atoms with E-state index in [1.54, 1.807) is 12.3 Å². The number of pyridine rings is 1. The number of hydrogen-bond acceptors (Lipinski definition) is 6. The Labute approximate surface area is 204 Å². The number of aromatic nitrogens is 5. The molecule has 1 unspecified atom stereocenters. The highest BCUT2D eigenvalue weighted by molar-refractivity contribution is 5.84. The van der Waals surface area contributed by atoms with Gasteiger partial charge < -0.3 is 15.6 Å². The molecule has 4 aromatic rings. The zero-order chi connectivity index (χ0) is 23.8. The van der Waals surface area contributed by atoms with Gasteiger partial charge in [-0.1, -0.05) is 6.42 Å². The summed E-state index contributed by atoms with van der Waals surface area (Å²) in [6.45, 7) is 7.22. The minimum atomic E-state index is -0.291. The van der Waals surface area contributed by atoms with E-state index in [9.17, 15) is 4.39 Å². The molecule has 6 rings (SSSR count). The summed E-state index contributed by atoms with van der Waals surface area (Å²) >= 11 is 0. The van der Waals surface area contributed by atoms with Crippen LogP contribution in [0.4, 0.5) is 16.2 Å². The number of halogens is 1. The third-order valence-corrected chi connectivity index (χ3v) is 7.40. The third kappa shape index (κ3) is 4.66. The number of hydrogen-bond donors (Lipinski definition) is 3. The molecule has 8 nitrogen and oxygen atoms in total. The minimum Gasteiger partial charge on any atom is -0.324 e. The van der Waals surface area contributed by atoms with Crippen LogP contribution in [-0.4, -0.2) is 55.8 Å². The largest absolute Gasteiger partial charge is 0.324 e. The summed E-state index contributed by atoms with van der Waals surface area (Å²) in [5.41, 5.74) is 3.83. The highest BCUT2D eigenvalue weighted by Gasteiger charge is 2.20. The first kappa shape index (κ1) is 22.2. The lowest BCUT2D eigenvalue weighted by Crippen LogP contribution is -2.44. The molecule has 2 fully saturated rings. The van der Waals surface area contributed by atoms with Crippen molar-refractivity contribution in [1.82, 2.24) is 34.9 Å². The molecule has 9 heteroatoms. The van der Waals surface area contributed by atoms with Crippen LogP contribution in [-0.2, 0) is 6.54 Å². The van der Waals surface area contributed by atoms with Gasteiger partial charge >= 0.3 is 0 Å². The second kappa shape index (κ2) is 9.39. The lowest BCUT2D eigenvalue weighted by molar-refractivity contribution is 0.185. The number of nitrogens with one attached hydrogen (secondary N) is 3. The summed E-state index contributed by atoms with van der Waals surface area (Å²) in [7, 11) is 0. The van der Waals surface area contributed by atoms with Gasteiger partial charge in [0.15, 0.2) is 0 Å². The molecule has 1 saturated carbocycles. The lowest BCUT2D eigenvalue weighted by atomic mass is 9.85. The van der Waals surface area contributed by atoms with Crippen molar-refractivity contribution in [2.75, 3.05) is 31.5 Å². The summed E-state index contributed by atoms with van der Waals surface area (Å²) in [5, 5.41) is 11.1. The van der Waals surface area contributed by atoms with Crippen LogP contribution >= 0.6 is 0 Å². The fourth-order valence-electron chi connectivity index (χ4n) is 5.03. The molecular formula is C26H31FN8. The van der Waals surface area contributed by atoms with Crippen LogP contribution in [0.25, 0.3) is 22.2 Å². The average molecular weight is 475 g/mol. The Morgan fingerprint density at radius 2 is 2.06 bits per heavy atom. The molecule has 1 atom stereocenters. The van der Waals surface area contributed by atoms with Gasteiger partial charge in [0.2, 0.25) is 5.95 Å². The molecule has 0 radical (unpaired) electrons. The van der Waals surface area contributed by atoms with Crippen molar-refractivity contribution in [3.05, 3.63) is 54.2 Å². The smallest absolute Gasteiger partial charge is 0.206 e. The van der Waals surface area contributed by atoms with E-state index in [0.29, 0.717) is 40.3 Å². The summed E-state index contributed by atoms with van der Waals surface area (Å²) in [6, 6.07) is 7.71. The van der Waals surface area contributed by atoms with Crippen molar-refractivity contribution in [2.24, 2.45) is 5.92 Å². The number of aromatic amines is 1. The number of H-pyrrole nitrogens is 1. The number of nitrogens with zero attached hydrogens (tertiary/aromatic N) is 5. The second-order valence-electron chi connectivity index (χ2n) is 9.74. The van der Waals surface area contributed by atoms with E-state index in [0.717, 1.165) is 38.3 Å². The minimum absolute atomic E-state index is 0.291. The van der Waals surface area contributed by atoms with Crippen LogP contribution in [0.2, 0.25) is 0 Å². The summed E-state index contributed by atoms with van der Waals surface area (Å²) in [6.07, 6.45) is 9.30. The van der Waals surface area contributed by atoms with E-state index in [1.165, 1.54) is 30.9 Å². The fourth-order valence-corrected chi connectivity index (χ4v) is 5.03. The number of imidazole rings is 1. The van der Waals surface area contributed by atoms with Crippen molar-refractivity contribution in [3.8, 4) is 11.1 Å². The average Bonchev–Trinajstić information content (AvgIpc) is 3.47. The van der Waals surface area contributed by atoms with Crippen LogP contribution in [0.15, 0.2) is 42.9 Å². The van der Waals surface area contributed by atoms with E-state index in [2.05, 4.69) is 54.6 Å². The molecule has 1 saturated heterocycles. The summed E-state index contributed by atoms with van der Waals surface area (Å²) < 4.78 is 16.9. The van der Waals surface area contributed by atoms with E-state index in [1.807, 2.05) is 17.1 Å². The predicted octanol–water partition coefficient (Wildman–Crippen LogP) is 4.47. The van der Waals surface area contributed by atoms with Crippen molar-refractivity contribution >= 4 is 22.8 Å². The highest BCUT2D eigenvalue weighted by Crippen LogP contribution is 2.31. The van der Waals surface area contributed by atoms with Gasteiger partial charge in [0.25, 0.3) is 0 Å². The molecule has 3 aromatic heterocycles. The molecule has 4 heterocycles. The maximum atomic E-state index is 15.0. The topological polar surface area (TPSA) is 86.7 Å². The van der Waals surface area contributed by atoms with Gasteiger partial charge in [-0.15, -0.1) is 0 Å². The Hall–Kier alpha value is -3.30. The van der Waals surface area contributed by atoms with Crippen LogP contribution in [0, 0.1) is 11.7 Å². The van der Waals surface area contributed by atoms with Crippen LogP contribution in [0.5, 0.6) is 0 Å². The SMILES string of the molecule is CC(c1ccnc(Nc2nc3cc(-c4cnn(CC5CCC5)c4)c(F)cc3[nH]2)c1)N1CCNCC1. The monoisotopic (exact) mass is 474 g/mol. The van der Waals surface area contributed by atoms with Crippen LogP contribution in [0.1, 0.15) is 37.8 Å². The first-order valence-electron chi connectivity index (χ1n) is 12.5. The van der Waals surface area contributed by atoms with Crippen molar-refractivity contribution in [3.63, 3.8) is 0 Å². The number of benzene rings is 1. The van der Waals surface area contributed by atoms with Gasteiger partial charge in [0, 0.05) is 68.4 Å². The van der Waals surface area contributed by atoms with Crippen LogP contribution in [0.3, 0.4) is 0 Å². The van der Waals surface area contributed by atoms with Gasteiger partial charge in [0.1, 0.15) is 11.6 Å². The lowest BCUT2D eigenvalue weighted by Gasteiger charge is -2.33. The van der Waals surface area contributed by atoms with Crippen molar-refractivity contribution in [1.29, 1.82) is 0 Å². The quantitative estimate of drug-likeness (QED) is 0.366. The van der Waals surface area contributed by atoms with Gasteiger partial charge in [-0.25, -0.2) is 14.4 Å². The first-order chi connectivity index (χ1) is 17.1. The zero-order valence-corrected chi connectivity index (χ0v) is 20.0. The molecule has 1 aliphatic carbocycles. The number of piperazine rings is 1. The van der Waals surface area contributed by atoms with Gasteiger partial charge in [0.05, 0.1) is 17.2 Å². The highest BCUT2D eigenvalue weighted by atomic mass is 19.1. The molecule has 1 aliphatic heterocycles.